The molecule has 1 aromatic heterocycles. The van der Waals surface area contributed by atoms with Crippen LogP contribution >= 0.6 is 11.3 Å². The van der Waals surface area contributed by atoms with Gasteiger partial charge in [0, 0.05) is 5.56 Å². The third kappa shape index (κ3) is 3.30. The molecule has 4 aromatic rings. The molecule has 3 aromatic carbocycles. The van der Waals surface area contributed by atoms with E-state index in [1.54, 1.807) is 18.2 Å². The van der Waals surface area contributed by atoms with Crippen LogP contribution in [0.25, 0.3) is 21.7 Å². The first kappa shape index (κ1) is 15.5. The van der Waals surface area contributed by atoms with Crippen LogP contribution in [-0.2, 0) is 0 Å². The molecular formula is C21H15FN2S. The van der Waals surface area contributed by atoms with Gasteiger partial charge < -0.3 is 5.32 Å². The van der Waals surface area contributed by atoms with Gasteiger partial charge in [0.25, 0.3) is 0 Å². The molecule has 122 valence electrons. The zero-order valence-electron chi connectivity index (χ0n) is 13.3. The molecule has 2 nitrogen and oxygen atoms in total. The molecule has 0 unspecified atom stereocenters. The maximum absolute atomic E-state index is 13.9. The predicted molar refractivity (Wildman–Crippen MR) is 103 cm³/mol. The van der Waals surface area contributed by atoms with Crippen LogP contribution < -0.4 is 5.32 Å². The van der Waals surface area contributed by atoms with Gasteiger partial charge in [-0.3, -0.25) is 0 Å². The highest BCUT2D eigenvalue weighted by molar-refractivity contribution is 7.19. The summed E-state index contributed by atoms with van der Waals surface area (Å²) in [5, 5.41) is 3.77. The first-order valence-electron chi connectivity index (χ1n) is 7.94. The van der Waals surface area contributed by atoms with E-state index in [1.165, 1.54) is 17.4 Å². The number of halogens is 1. The minimum Gasteiger partial charge on any atom is -0.329 e. The topological polar surface area (TPSA) is 24.9 Å². The largest absolute Gasteiger partial charge is 0.329 e. The number of anilines is 2. The molecule has 1 heterocycles. The SMILES string of the molecule is Fc1ccccc1Nc1nc(-c2ccccc2)c(-c2ccccc2)s1. The van der Waals surface area contributed by atoms with Crippen LogP contribution in [0.2, 0.25) is 0 Å². The van der Waals surface area contributed by atoms with Crippen molar-refractivity contribution in [3.8, 4) is 21.7 Å². The van der Waals surface area contributed by atoms with E-state index in [0.29, 0.717) is 10.8 Å². The van der Waals surface area contributed by atoms with Gasteiger partial charge in [0.1, 0.15) is 5.82 Å². The number of para-hydroxylation sites is 1. The molecule has 0 amide bonds. The number of aromatic nitrogens is 1. The Morgan fingerprint density at radius 1 is 0.720 bits per heavy atom. The van der Waals surface area contributed by atoms with E-state index in [9.17, 15) is 4.39 Å². The predicted octanol–water partition coefficient (Wildman–Crippen LogP) is 6.36. The summed E-state index contributed by atoms with van der Waals surface area (Å²) in [6.45, 7) is 0. The number of nitrogens with one attached hydrogen (secondary N) is 1. The molecule has 4 heteroatoms. The Labute approximate surface area is 149 Å². The Morgan fingerprint density at radius 2 is 1.32 bits per heavy atom. The lowest BCUT2D eigenvalue weighted by atomic mass is 10.1. The average Bonchev–Trinajstić information content (AvgIpc) is 3.09. The average molecular weight is 346 g/mol. The fourth-order valence-corrected chi connectivity index (χ4v) is 3.63. The quantitative estimate of drug-likeness (QED) is 0.465. The fraction of sp³-hybridized carbons (Fsp3) is 0. The summed E-state index contributed by atoms with van der Waals surface area (Å²) in [6, 6.07) is 26.8. The molecule has 25 heavy (non-hydrogen) atoms. The summed E-state index contributed by atoms with van der Waals surface area (Å²) in [7, 11) is 0. The standard InChI is InChI=1S/C21H15FN2S/c22-17-13-7-8-14-18(17)23-21-24-19(15-9-3-1-4-10-15)20(25-21)16-11-5-2-6-12-16/h1-14H,(H,23,24). The van der Waals surface area contributed by atoms with Gasteiger partial charge in [-0.25, -0.2) is 9.37 Å². The molecule has 0 saturated heterocycles. The highest BCUT2D eigenvalue weighted by Crippen LogP contribution is 2.39. The van der Waals surface area contributed by atoms with Crippen LogP contribution in [0.4, 0.5) is 15.2 Å². The van der Waals surface area contributed by atoms with Crippen LogP contribution in [0.3, 0.4) is 0 Å². The summed E-state index contributed by atoms with van der Waals surface area (Å²) < 4.78 is 13.9. The molecule has 0 aliphatic heterocycles. The first-order valence-corrected chi connectivity index (χ1v) is 8.76. The summed E-state index contributed by atoms with van der Waals surface area (Å²) in [5.41, 5.74) is 3.46. The molecule has 0 spiro atoms. The first-order chi connectivity index (χ1) is 12.3. The zero-order chi connectivity index (χ0) is 17.1. The van der Waals surface area contributed by atoms with Crippen molar-refractivity contribution in [3.05, 3.63) is 90.7 Å². The Bertz CT molecular complexity index is 924. The Balaban J connectivity index is 1.80. The Kier molecular flexibility index (Phi) is 4.27. The van der Waals surface area contributed by atoms with E-state index < -0.39 is 0 Å². The maximum Gasteiger partial charge on any atom is 0.188 e. The highest BCUT2D eigenvalue weighted by atomic mass is 32.1. The number of hydrogen-bond acceptors (Lipinski definition) is 3. The van der Waals surface area contributed by atoms with Crippen molar-refractivity contribution < 1.29 is 4.39 Å². The molecule has 0 radical (unpaired) electrons. The van der Waals surface area contributed by atoms with E-state index in [-0.39, 0.29) is 5.82 Å². The third-order valence-electron chi connectivity index (χ3n) is 3.83. The van der Waals surface area contributed by atoms with Crippen molar-refractivity contribution in [1.82, 2.24) is 4.98 Å². The smallest absolute Gasteiger partial charge is 0.188 e. The summed E-state index contributed by atoms with van der Waals surface area (Å²) in [6.07, 6.45) is 0. The van der Waals surface area contributed by atoms with Gasteiger partial charge in [0.2, 0.25) is 0 Å². The van der Waals surface area contributed by atoms with Crippen LogP contribution in [0.5, 0.6) is 0 Å². The molecule has 0 aliphatic rings. The zero-order valence-corrected chi connectivity index (χ0v) is 14.1. The van der Waals surface area contributed by atoms with Crippen LogP contribution in [-0.4, -0.2) is 4.98 Å². The van der Waals surface area contributed by atoms with Gasteiger partial charge in [-0.05, 0) is 17.7 Å². The second-order valence-electron chi connectivity index (χ2n) is 5.53. The van der Waals surface area contributed by atoms with Crippen molar-refractivity contribution in [2.45, 2.75) is 0 Å². The van der Waals surface area contributed by atoms with Crippen molar-refractivity contribution in [1.29, 1.82) is 0 Å². The molecule has 0 aliphatic carbocycles. The number of thiazole rings is 1. The maximum atomic E-state index is 13.9. The monoisotopic (exact) mass is 346 g/mol. The number of nitrogens with zero attached hydrogens (tertiary/aromatic N) is 1. The minimum absolute atomic E-state index is 0.291. The van der Waals surface area contributed by atoms with E-state index in [2.05, 4.69) is 17.4 Å². The molecule has 0 saturated carbocycles. The molecule has 0 atom stereocenters. The minimum atomic E-state index is -0.291. The molecule has 1 N–H and O–H groups in total. The fourth-order valence-electron chi connectivity index (χ4n) is 2.63. The summed E-state index contributed by atoms with van der Waals surface area (Å²) in [4.78, 5) is 5.79. The molecule has 0 fully saturated rings. The number of hydrogen-bond donors (Lipinski definition) is 1. The second-order valence-corrected chi connectivity index (χ2v) is 6.53. The van der Waals surface area contributed by atoms with Crippen LogP contribution in [0.15, 0.2) is 84.9 Å². The van der Waals surface area contributed by atoms with E-state index >= 15 is 0 Å². The molecule has 4 rings (SSSR count). The lowest BCUT2D eigenvalue weighted by Gasteiger charge is -2.02. The van der Waals surface area contributed by atoms with Crippen molar-refractivity contribution in [2.24, 2.45) is 0 Å². The highest BCUT2D eigenvalue weighted by Gasteiger charge is 2.15. The van der Waals surface area contributed by atoms with Crippen LogP contribution in [0, 0.1) is 5.82 Å². The van der Waals surface area contributed by atoms with Gasteiger partial charge in [-0.1, -0.05) is 84.1 Å². The summed E-state index contributed by atoms with van der Waals surface area (Å²) in [5.74, 6) is -0.291. The van der Waals surface area contributed by atoms with E-state index in [4.69, 9.17) is 4.98 Å². The van der Waals surface area contributed by atoms with Crippen LogP contribution in [0.1, 0.15) is 0 Å². The van der Waals surface area contributed by atoms with E-state index in [0.717, 1.165) is 21.7 Å². The number of rotatable bonds is 4. The van der Waals surface area contributed by atoms with Gasteiger partial charge in [-0.15, -0.1) is 0 Å². The van der Waals surface area contributed by atoms with Gasteiger partial charge in [0.05, 0.1) is 16.3 Å². The van der Waals surface area contributed by atoms with Crippen molar-refractivity contribution in [3.63, 3.8) is 0 Å². The summed E-state index contributed by atoms with van der Waals surface area (Å²) >= 11 is 1.52. The lowest BCUT2D eigenvalue weighted by Crippen LogP contribution is -1.92. The van der Waals surface area contributed by atoms with Gasteiger partial charge in [0.15, 0.2) is 5.13 Å². The molecular weight excluding hydrogens is 331 g/mol. The Morgan fingerprint density at radius 3 is 2.00 bits per heavy atom. The Hall–Kier alpha value is -2.98. The number of benzene rings is 3. The second kappa shape index (κ2) is 6.87. The molecule has 0 bridgehead atoms. The van der Waals surface area contributed by atoms with Gasteiger partial charge in [-0.2, -0.15) is 0 Å². The lowest BCUT2D eigenvalue weighted by molar-refractivity contribution is 0.632. The third-order valence-corrected chi connectivity index (χ3v) is 4.85. The van der Waals surface area contributed by atoms with Gasteiger partial charge >= 0.3 is 0 Å². The van der Waals surface area contributed by atoms with Crippen molar-refractivity contribution in [2.75, 3.05) is 5.32 Å². The van der Waals surface area contributed by atoms with Crippen molar-refractivity contribution >= 4 is 22.2 Å². The normalized spacial score (nSPS) is 10.6. The van der Waals surface area contributed by atoms with E-state index in [1.807, 2.05) is 48.5 Å².